The Kier molecular flexibility index (Phi) is 6.39. The van der Waals surface area contributed by atoms with E-state index in [0.29, 0.717) is 9.92 Å². The van der Waals surface area contributed by atoms with Crippen LogP contribution >= 0.6 is 23.4 Å². The molecule has 150 valence electrons. The number of nitrogens with zero attached hydrogens (tertiary/aromatic N) is 3. The zero-order chi connectivity index (χ0) is 21.0. The summed E-state index contributed by atoms with van der Waals surface area (Å²) in [7, 11) is 0. The zero-order valence-corrected chi connectivity index (χ0v) is 16.5. The van der Waals surface area contributed by atoms with Crippen LogP contribution in [0.4, 0.5) is 13.2 Å². The van der Waals surface area contributed by atoms with Gasteiger partial charge in [0, 0.05) is 10.5 Å². The van der Waals surface area contributed by atoms with Gasteiger partial charge in [-0.25, -0.2) is 9.78 Å². The smallest absolute Gasteiger partial charge is 0.416 e. The summed E-state index contributed by atoms with van der Waals surface area (Å²) in [5, 5.41) is 8.23. The predicted molar refractivity (Wildman–Crippen MR) is 102 cm³/mol. The summed E-state index contributed by atoms with van der Waals surface area (Å²) in [6.07, 6.45) is -4.51. The Morgan fingerprint density at radius 3 is 2.59 bits per heavy atom. The van der Waals surface area contributed by atoms with Crippen molar-refractivity contribution in [1.29, 1.82) is 0 Å². The van der Waals surface area contributed by atoms with Gasteiger partial charge in [-0.05, 0) is 31.2 Å². The molecule has 3 rings (SSSR count). The van der Waals surface area contributed by atoms with E-state index >= 15 is 0 Å². The van der Waals surface area contributed by atoms with Gasteiger partial charge in [0.05, 0.1) is 17.2 Å². The maximum absolute atomic E-state index is 13.0. The molecule has 2 aromatic carbocycles. The molecule has 0 saturated heterocycles. The van der Waals surface area contributed by atoms with E-state index in [9.17, 15) is 18.0 Å². The molecule has 0 atom stereocenters. The highest BCUT2D eigenvalue weighted by Crippen LogP contribution is 2.35. The number of esters is 1. The van der Waals surface area contributed by atoms with Crippen LogP contribution in [0.2, 0.25) is 5.02 Å². The van der Waals surface area contributed by atoms with Gasteiger partial charge in [0.2, 0.25) is 5.69 Å². The van der Waals surface area contributed by atoms with Crippen molar-refractivity contribution in [2.75, 3.05) is 6.61 Å². The molecule has 5 nitrogen and oxygen atoms in total. The van der Waals surface area contributed by atoms with Crippen LogP contribution in [0, 0.1) is 0 Å². The first-order valence-electron chi connectivity index (χ1n) is 8.31. The van der Waals surface area contributed by atoms with E-state index < -0.39 is 17.7 Å². The van der Waals surface area contributed by atoms with E-state index in [0.717, 1.165) is 23.9 Å². The number of benzene rings is 2. The molecular weight excluding hydrogens is 427 g/mol. The van der Waals surface area contributed by atoms with Gasteiger partial charge < -0.3 is 4.74 Å². The quantitative estimate of drug-likeness (QED) is 0.486. The first-order valence-corrected chi connectivity index (χ1v) is 9.51. The summed E-state index contributed by atoms with van der Waals surface area (Å²) in [5.74, 6) is -0.795. The molecule has 0 aliphatic rings. The highest BCUT2D eigenvalue weighted by atomic mass is 35.5. The normalized spacial score (nSPS) is 11.3. The number of aromatic nitrogens is 3. The summed E-state index contributed by atoms with van der Waals surface area (Å²) in [6, 6.07) is 11.4. The number of alkyl halides is 3. The second-order valence-electron chi connectivity index (χ2n) is 5.62. The molecule has 0 amide bonds. The first kappa shape index (κ1) is 21.1. The Morgan fingerprint density at radius 1 is 1.14 bits per heavy atom. The van der Waals surface area contributed by atoms with Crippen LogP contribution in [0.5, 0.6) is 0 Å². The Morgan fingerprint density at radius 2 is 1.90 bits per heavy atom. The number of hydrogen-bond donors (Lipinski definition) is 0. The van der Waals surface area contributed by atoms with Crippen molar-refractivity contribution in [2.45, 2.75) is 23.0 Å². The minimum absolute atomic E-state index is 0.0568. The zero-order valence-electron chi connectivity index (χ0n) is 14.9. The van der Waals surface area contributed by atoms with Gasteiger partial charge in [0.25, 0.3) is 0 Å². The van der Waals surface area contributed by atoms with E-state index in [1.807, 2.05) is 0 Å². The number of carbonyl (C=O) groups excluding carboxylic acids is 1. The molecule has 0 N–H and O–H groups in total. The van der Waals surface area contributed by atoms with E-state index in [2.05, 4.69) is 15.2 Å². The molecular formula is C19H13ClF3N3O2S. The molecule has 10 heteroatoms. The lowest BCUT2D eigenvalue weighted by Gasteiger charge is -2.10. The predicted octanol–water partition coefficient (Wildman–Crippen LogP) is 5.54. The van der Waals surface area contributed by atoms with Crippen LogP contribution in [0.25, 0.3) is 11.4 Å². The Balaban J connectivity index is 2.07. The van der Waals surface area contributed by atoms with Crippen molar-refractivity contribution >= 4 is 29.3 Å². The van der Waals surface area contributed by atoms with Crippen LogP contribution in [-0.2, 0) is 10.9 Å². The van der Waals surface area contributed by atoms with Crippen LogP contribution in [0.15, 0.2) is 58.5 Å². The van der Waals surface area contributed by atoms with Crippen LogP contribution in [0.1, 0.15) is 23.0 Å². The maximum atomic E-state index is 13.0. The lowest BCUT2D eigenvalue weighted by atomic mass is 10.1. The summed E-state index contributed by atoms with van der Waals surface area (Å²) in [5.41, 5.74) is -0.871. The third-order valence-corrected chi connectivity index (χ3v) is 5.11. The van der Waals surface area contributed by atoms with E-state index in [4.69, 9.17) is 16.3 Å². The Bertz CT molecular complexity index is 1050. The molecule has 0 aliphatic carbocycles. The van der Waals surface area contributed by atoms with Gasteiger partial charge in [-0.15, -0.1) is 10.2 Å². The minimum atomic E-state index is -4.51. The van der Waals surface area contributed by atoms with Gasteiger partial charge in [-0.3, -0.25) is 0 Å². The van der Waals surface area contributed by atoms with Gasteiger partial charge in [-0.2, -0.15) is 13.2 Å². The SMILES string of the molecule is CCOC(=O)c1nnc(-c2cccc(C(F)(F)F)c2)nc1Sc1ccccc1Cl. The van der Waals surface area contributed by atoms with Crippen molar-refractivity contribution in [3.05, 3.63) is 64.8 Å². The fraction of sp³-hybridized carbons (Fsp3) is 0.158. The molecule has 0 aliphatic heterocycles. The highest BCUT2D eigenvalue weighted by Gasteiger charge is 2.31. The third kappa shape index (κ3) is 5.04. The average molecular weight is 440 g/mol. The summed E-state index contributed by atoms with van der Waals surface area (Å²) >= 11 is 7.21. The second-order valence-corrected chi connectivity index (χ2v) is 7.06. The molecule has 0 saturated carbocycles. The standard InChI is InChI=1S/C19H13ClF3N3O2S/c1-2-28-18(27)15-17(29-14-9-4-3-8-13(14)20)24-16(26-25-15)11-6-5-7-12(10-11)19(21,22)23/h3-10H,2H2,1H3. The number of carbonyl (C=O) groups is 1. The lowest BCUT2D eigenvalue weighted by molar-refractivity contribution is -0.137. The van der Waals surface area contributed by atoms with E-state index in [1.165, 1.54) is 12.1 Å². The van der Waals surface area contributed by atoms with Crippen molar-refractivity contribution < 1.29 is 22.7 Å². The number of rotatable bonds is 5. The highest BCUT2D eigenvalue weighted by molar-refractivity contribution is 7.99. The maximum Gasteiger partial charge on any atom is 0.416 e. The van der Waals surface area contributed by atoms with Crippen molar-refractivity contribution in [3.63, 3.8) is 0 Å². The molecule has 0 fully saturated rings. The van der Waals surface area contributed by atoms with Crippen molar-refractivity contribution in [2.24, 2.45) is 0 Å². The van der Waals surface area contributed by atoms with E-state index in [1.54, 1.807) is 31.2 Å². The van der Waals surface area contributed by atoms with Gasteiger partial charge in [0.1, 0.15) is 5.03 Å². The summed E-state index contributed by atoms with van der Waals surface area (Å²) in [4.78, 5) is 17.1. The van der Waals surface area contributed by atoms with Crippen LogP contribution < -0.4 is 0 Å². The molecule has 29 heavy (non-hydrogen) atoms. The van der Waals surface area contributed by atoms with Crippen LogP contribution in [-0.4, -0.2) is 27.8 Å². The summed E-state index contributed by atoms with van der Waals surface area (Å²) in [6.45, 7) is 1.75. The first-order chi connectivity index (χ1) is 13.8. The average Bonchev–Trinajstić information content (AvgIpc) is 2.69. The largest absolute Gasteiger partial charge is 0.461 e. The topological polar surface area (TPSA) is 65.0 Å². The minimum Gasteiger partial charge on any atom is -0.461 e. The molecule has 0 spiro atoms. The van der Waals surface area contributed by atoms with Crippen molar-refractivity contribution in [1.82, 2.24) is 15.2 Å². The van der Waals surface area contributed by atoms with Gasteiger partial charge in [0.15, 0.2) is 5.82 Å². The lowest BCUT2D eigenvalue weighted by Crippen LogP contribution is -2.12. The van der Waals surface area contributed by atoms with Crippen molar-refractivity contribution in [3.8, 4) is 11.4 Å². The monoisotopic (exact) mass is 439 g/mol. The third-order valence-electron chi connectivity index (χ3n) is 3.61. The van der Waals surface area contributed by atoms with Gasteiger partial charge >= 0.3 is 12.1 Å². The van der Waals surface area contributed by atoms with Gasteiger partial charge in [-0.1, -0.05) is 47.6 Å². The molecule has 0 unspecified atom stereocenters. The number of halogens is 4. The number of ether oxygens (including phenoxy) is 1. The Hall–Kier alpha value is -2.65. The van der Waals surface area contributed by atoms with Crippen LogP contribution in [0.3, 0.4) is 0 Å². The number of hydrogen-bond acceptors (Lipinski definition) is 6. The molecule has 0 bridgehead atoms. The fourth-order valence-corrected chi connectivity index (χ4v) is 3.42. The fourth-order valence-electron chi connectivity index (χ4n) is 2.30. The second kappa shape index (κ2) is 8.79. The molecule has 0 radical (unpaired) electrons. The van der Waals surface area contributed by atoms with E-state index in [-0.39, 0.29) is 28.7 Å². The Labute approximate surface area is 173 Å². The molecule has 1 aromatic heterocycles. The molecule has 1 heterocycles. The molecule has 3 aromatic rings. The summed E-state index contributed by atoms with van der Waals surface area (Å²) < 4.78 is 44.0.